The van der Waals surface area contributed by atoms with Crippen LogP contribution in [0.3, 0.4) is 0 Å². The fourth-order valence-electron chi connectivity index (χ4n) is 6.13. The van der Waals surface area contributed by atoms with E-state index in [0.717, 1.165) is 11.8 Å². The molecule has 0 aliphatic heterocycles. The second-order valence-corrected chi connectivity index (χ2v) is 14.1. The largest absolute Gasteiger partial charge is 0.394 e. The molecular weight excluding hydrogens is 759 g/mol. The molecule has 0 bridgehead atoms. The zero-order chi connectivity index (χ0) is 42.1. The van der Waals surface area contributed by atoms with Crippen LogP contribution in [0.4, 0.5) is 20.7 Å². The van der Waals surface area contributed by atoms with E-state index in [9.17, 15) is 29.3 Å². The molecule has 304 valence electrons. The van der Waals surface area contributed by atoms with Gasteiger partial charge >= 0.3 is 0 Å². The molecule has 2 amide bonds. The summed E-state index contributed by atoms with van der Waals surface area (Å²) in [5.41, 5.74) is 2.96. The number of aliphatic hydroxyl groups excluding tert-OH is 3. The second-order valence-electron chi connectivity index (χ2n) is 14.1. The van der Waals surface area contributed by atoms with Gasteiger partial charge in [0.15, 0.2) is 11.6 Å². The Bertz CT molecular complexity index is 2370. The van der Waals surface area contributed by atoms with Crippen molar-refractivity contribution in [3.05, 3.63) is 143 Å². The van der Waals surface area contributed by atoms with Crippen LogP contribution in [-0.4, -0.2) is 79.0 Å². The molecule has 13 nitrogen and oxygen atoms in total. The fraction of sp³-hybridized carbons (Fsp3) is 0.227. The highest BCUT2D eigenvalue weighted by Gasteiger charge is 2.22. The van der Waals surface area contributed by atoms with E-state index in [1.165, 1.54) is 24.3 Å². The number of carbonyl (C=O) groups excluding carboxylic acids is 2. The minimum Gasteiger partial charge on any atom is -0.394 e. The van der Waals surface area contributed by atoms with Crippen molar-refractivity contribution in [1.29, 1.82) is 0 Å². The van der Waals surface area contributed by atoms with E-state index in [1.807, 2.05) is 32.0 Å². The number of amides is 2. The summed E-state index contributed by atoms with van der Waals surface area (Å²) >= 11 is 0. The third-order valence-corrected chi connectivity index (χ3v) is 9.27. The van der Waals surface area contributed by atoms with E-state index in [1.54, 1.807) is 67.6 Å². The minimum absolute atomic E-state index is 0.0409. The average Bonchev–Trinajstić information content (AvgIpc) is 3.26. The fourth-order valence-corrected chi connectivity index (χ4v) is 6.13. The number of carbonyl (C=O) groups is 2. The Morgan fingerprint density at radius 1 is 0.576 bits per heavy atom. The first-order valence-electron chi connectivity index (χ1n) is 18.9. The van der Waals surface area contributed by atoms with Gasteiger partial charge in [0, 0.05) is 39.9 Å². The third-order valence-electron chi connectivity index (χ3n) is 9.27. The Kier molecular flexibility index (Phi) is 13.6. The number of anilines is 2. The zero-order valence-electron chi connectivity index (χ0n) is 32.5. The van der Waals surface area contributed by atoms with Crippen molar-refractivity contribution in [2.75, 3.05) is 30.5 Å². The lowest BCUT2D eigenvalue weighted by Gasteiger charge is -2.18. The summed E-state index contributed by atoms with van der Waals surface area (Å²) in [6, 6.07) is 26.0. The molecule has 2 heterocycles. The van der Waals surface area contributed by atoms with Crippen molar-refractivity contribution in [1.82, 2.24) is 30.6 Å². The number of benzene rings is 4. The van der Waals surface area contributed by atoms with E-state index in [2.05, 4.69) is 41.2 Å². The first-order valence-corrected chi connectivity index (χ1v) is 18.9. The van der Waals surface area contributed by atoms with Gasteiger partial charge in [0.05, 0.1) is 38.1 Å². The average molecular weight is 803 g/mol. The van der Waals surface area contributed by atoms with Crippen LogP contribution in [0.25, 0.3) is 33.8 Å². The number of halogens is 2. The monoisotopic (exact) mass is 802 g/mol. The lowest BCUT2D eigenvalue weighted by molar-refractivity contribution is 0.0909. The van der Waals surface area contributed by atoms with Crippen molar-refractivity contribution in [2.24, 2.45) is 0 Å². The number of nitrogens with one attached hydrogen (secondary N) is 4. The lowest BCUT2D eigenvalue weighted by atomic mass is 10.0. The molecule has 3 atom stereocenters. The molecular formula is C44H44F2N8O5. The van der Waals surface area contributed by atoms with Gasteiger partial charge in [-0.25, -0.2) is 28.7 Å². The standard InChI is InChI=1S/C44H44F2N8O5/c1-25(2)48-43-47-21-34(45)38(52-43)29-13-17-32(18-14-29)42(59)51-36(24-57)28-9-11-30(12-10-28)39-37(46)40(54-44(53-39)49-26(3)22-55)31-15-19-33(20-16-31)41(58)50-35(23-56)27-7-5-4-6-8-27/h4-21,25-26,35-36,55-57H,22-24H2,1-3H3,(H,50,58)(H,51,59)(H,47,48,52)(H,49,53,54)/t26-,35+,36+/m0/s1. The molecule has 2 aromatic heterocycles. The molecule has 0 unspecified atom stereocenters. The molecule has 0 aliphatic carbocycles. The topological polar surface area (TPSA) is 195 Å². The van der Waals surface area contributed by atoms with E-state index >= 15 is 4.39 Å². The molecule has 0 spiro atoms. The number of hydrogen-bond acceptors (Lipinski definition) is 11. The highest BCUT2D eigenvalue weighted by molar-refractivity contribution is 5.95. The molecule has 6 aromatic rings. The van der Waals surface area contributed by atoms with Crippen molar-refractivity contribution >= 4 is 23.7 Å². The van der Waals surface area contributed by atoms with Crippen molar-refractivity contribution in [3.8, 4) is 33.8 Å². The van der Waals surface area contributed by atoms with Gasteiger partial charge in [0.1, 0.15) is 17.1 Å². The summed E-state index contributed by atoms with van der Waals surface area (Å²) in [5.74, 6) is -1.94. The number of aromatic nitrogens is 4. The van der Waals surface area contributed by atoms with Crippen LogP contribution in [0.5, 0.6) is 0 Å². The Morgan fingerprint density at radius 3 is 1.51 bits per heavy atom. The second kappa shape index (κ2) is 19.2. The number of hydrogen-bond donors (Lipinski definition) is 7. The molecule has 7 N–H and O–H groups in total. The van der Waals surface area contributed by atoms with Crippen LogP contribution in [0.1, 0.15) is 64.7 Å². The van der Waals surface area contributed by atoms with Gasteiger partial charge in [-0.15, -0.1) is 0 Å². The molecule has 59 heavy (non-hydrogen) atoms. The molecule has 0 radical (unpaired) electrons. The van der Waals surface area contributed by atoms with Crippen molar-refractivity contribution < 1.29 is 33.7 Å². The van der Waals surface area contributed by atoms with Crippen LogP contribution in [0.15, 0.2) is 109 Å². The molecule has 15 heteroatoms. The molecule has 6 rings (SSSR count). The highest BCUT2D eigenvalue weighted by Crippen LogP contribution is 2.31. The van der Waals surface area contributed by atoms with E-state index in [0.29, 0.717) is 22.3 Å². The van der Waals surface area contributed by atoms with Crippen molar-refractivity contribution in [3.63, 3.8) is 0 Å². The summed E-state index contributed by atoms with van der Waals surface area (Å²) in [4.78, 5) is 43.4. The first kappa shape index (κ1) is 41.9. The summed E-state index contributed by atoms with van der Waals surface area (Å²) in [6.45, 7) is 4.54. The Balaban J connectivity index is 1.20. The molecule has 0 fully saturated rings. The summed E-state index contributed by atoms with van der Waals surface area (Å²) in [6.07, 6.45) is 1.08. The number of nitrogens with zero attached hydrogens (tertiary/aromatic N) is 4. The number of rotatable bonds is 16. The predicted molar refractivity (Wildman–Crippen MR) is 220 cm³/mol. The smallest absolute Gasteiger partial charge is 0.251 e. The van der Waals surface area contributed by atoms with Crippen molar-refractivity contribution in [2.45, 2.75) is 44.9 Å². The maximum atomic E-state index is 16.4. The van der Waals surface area contributed by atoms with E-state index < -0.39 is 48.2 Å². The Morgan fingerprint density at radius 2 is 1.03 bits per heavy atom. The zero-order valence-corrected chi connectivity index (χ0v) is 32.5. The van der Waals surface area contributed by atoms with Crippen LogP contribution in [-0.2, 0) is 0 Å². The SMILES string of the molecule is CC(C)Nc1ncc(F)c(-c2ccc(C(=O)N[C@H](CO)c3ccc(-c4nc(N[C@@H](C)CO)nc(-c5ccc(C(=O)N[C@H](CO)c6ccccc6)cc5)c4F)cc3)cc2)n1. The van der Waals surface area contributed by atoms with Gasteiger partial charge < -0.3 is 36.6 Å². The molecule has 0 saturated carbocycles. The maximum Gasteiger partial charge on any atom is 0.251 e. The highest BCUT2D eigenvalue weighted by atomic mass is 19.1. The van der Waals surface area contributed by atoms with Gasteiger partial charge in [-0.05, 0) is 56.2 Å². The van der Waals surface area contributed by atoms with Crippen LogP contribution < -0.4 is 21.3 Å². The van der Waals surface area contributed by atoms with Crippen LogP contribution in [0.2, 0.25) is 0 Å². The first-order chi connectivity index (χ1) is 28.5. The summed E-state index contributed by atoms with van der Waals surface area (Å²) in [7, 11) is 0. The lowest BCUT2D eigenvalue weighted by Crippen LogP contribution is -2.30. The van der Waals surface area contributed by atoms with Gasteiger partial charge in [-0.1, -0.05) is 78.9 Å². The maximum absolute atomic E-state index is 16.4. The minimum atomic E-state index is -0.829. The van der Waals surface area contributed by atoms with Crippen LogP contribution in [0, 0.1) is 11.6 Å². The van der Waals surface area contributed by atoms with E-state index in [-0.39, 0.29) is 59.4 Å². The Labute approximate surface area is 339 Å². The molecule has 0 aliphatic rings. The normalized spacial score (nSPS) is 12.7. The molecule has 0 saturated heterocycles. The van der Waals surface area contributed by atoms with Gasteiger partial charge in [-0.3, -0.25) is 9.59 Å². The van der Waals surface area contributed by atoms with Crippen LogP contribution >= 0.6 is 0 Å². The van der Waals surface area contributed by atoms with Gasteiger partial charge in [0.2, 0.25) is 11.9 Å². The Hall–Kier alpha value is -6.68. The van der Waals surface area contributed by atoms with Gasteiger partial charge in [0.25, 0.3) is 11.8 Å². The predicted octanol–water partition coefficient (Wildman–Crippen LogP) is 6.09. The number of aliphatic hydroxyl groups is 3. The van der Waals surface area contributed by atoms with E-state index in [4.69, 9.17) is 0 Å². The molecule has 4 aromatic carbocycles. The summed E-state index contributed by atoms with van der Waals surface area (Å²) in [5, 5.41) is 41.5. The quantitative estimate of drug-likeness (QED) is 0.0599. The van der Waals surface area contributed by atoms with Gasteiger partial charge in [-0.2, -0.15) is 0 Å². The third kappa shape index (κ3) is 10.3. The summed E-state index contributed by atoms with van der Waals surface area (Å²) < 4.78 is 31.0.